The van der Waals surface area contributed by atoms with Crippen LogP contribution in [-0.2, 0) is 17.6 Å². The van der Waals surface area contributed by atoms with Gasteiger partial charge in [0.15, 0.2) is 5.78 Å². The predicted octanol–water partition coefficient (Wildman–Crippen LogP) is 2.31. The maximum atomic E-state index is 12.8. The number of benzene rings is 1. The van der Waals surface area contributed by atoms with Crippen LogP contribution in [0.25, 0.3) is 0 Å². The largest absolute Gasteiger partial charge is 0.396 e. The standard InChI is InChI=1S/C21H25NO4S/c1-15(24)18-9-17(12-27-18)10-20(26)22-8-7-19(25)21(13-22,14-23)11-16-5-3-2-4-6-16/h2-6,9,12,19,23,25H,7-8,10-11,13-14H2,1H3/t19-,21+/m0/s1. The highest BCUT2D eigenvalue weighted by Crippen LogP contribution is 2.34. The number of ketones is 1. The van der Waals surface area contributed by atoms with Crippen LogP contribution < -0.4 is 0 Å². The number of Topliss-reactive ketones (excluding diaryl/α,β-unsaturated/α-hetero) is 1. The molecule has 1 amide bonds. The topological polar surface area (TPSA) is 77.8 Å². The van der Waals surface area contributed by atoms with Gasteiger partial charge >= 0.3 is 0 Å². The fraction of sp³-hybridized carbons (Fsp3) is 0.429. The fourth-order valence-corrected chi connectivity index (χ4v) is 4.50. The number of hydrogen-bond donors (Lipinski definition) is 2. The molecule has 6 heteroatoms. The van der Waals surface area contributed by atoms with Gasteiger partial charge in [0.05, 0.1) is 24.0 Å². The molecule has 1 aliphatic heterocycles. The lowest BCUT2D eigenvalue weighted by Gasteiger charge is -2.45. The Morgan fingerprint density at radius 3 is 2.63 bits per heavy atom. The normalized spacial score (nSPS) is 22.6. The molecule has 1 aromatic heterocycles. The number of amides is 1. The minimum Gasteiger partial charge on any atom is -0.396 e. The first-order valence-electron chi connectivity index (χ1n) is 9.12. The number of likely N-dealkylation sites (tertiary alicyclic amines) is 1. The molecule has 0 aliphatic carbocycles. The number of aliphatic hydroxyl groups is 2. The van der Waals surface area contributed by atoms with E-state index in [0.29, 0.717) is 30.8 Å². The highest BCUT2D eigenvalue weighted by molar-refractivity contribution is 7.12. The van der Waals surface area contributed by atoms with Crippen LogP contribution in [0.2, 0.25) is 0 Å². The SMILES string of the molecule is CC(=O)c1cc(CC(=O)N2CC[C@H](O)[C@](CO)(Cc3ccccc3)C2)cs1. The summed E-state index contributed by atoms with van der Waals surface area (Å²) in [5.41, 5.74) is 1.11. The molecule has 2 atom stereocenters. The second-order valence-electron chi connectivity index (χ2n) is 7.35. The monoisotopic (exact) mass is 387 g/mol. The third-order valence-electron chi connectivity index (χ3n) is 5.31. The van der Waals surface area contributed by atoms with Crippen LogP contribution in [0.5, 0.6) is 0 Å². The summed E-state index contributed by atoms with van der Waals surface area (Å²) >= 11 is 1.35. The van der Waals surface area contributed by atoms with Crippen molar-refractivity contribution in [2.75, 3.05) is 19.7 Å². The molecule has 2 N–H and O–H groups in total. The van der Waals surface area contributed by atoms with Gasteiger partial charge in [-0.2, -0.15) is 0 Å². The van der Waals surface area contributed by atoms with Crippen LogP contribution in [0.3, 0.4) is 0 Å². The number of piperidine rings is 1. The third-order valence-corrected chi connectivity index (χ3v) is 6.39. The van der Waals surface area contributed by atoms with Crippen molar-refractivity contribution in [1.82, 2.24) is 4.90 Å². The Kier molecular flexibility index (Phi) is 6.09. The zero-order chi connectivity index (χ0) is 19.4. The summed E-state index contributed by atoms with van der Waals surface area (Å²) < 4.78 is 0. The van der Waals surface area contributed by atoms with E-state index in [9.17, 15) is 19.8 Å². The average molecular weight is 388 g/mol. The predicted molar refractivity (Wildman–Crippen MR) is 105 cm³/mol. The number of rotatable bonds is 6. The van der Waals surface area contributed by atoms with E-state index < -0.39 is 11.5 Å². The van der Waals surface area contributed by atoms with Crippen LogP contribution in [-0.4, -0.2) is 52.6 Å². The molecule has 5 nitrogen and oxygen atoms in total. The maximum absolute atomic E-state index is 12.8. The number of carbonyl (C=O) groups is 2. The first kappa shape index (κ1) is 19.7. The second kappa shape index (κ2) is 8.33. The Hall–Kier alpha value is -2.02. The van der Waals surface area contributed by atoms with Gasteiger partial charge in [-0.05, 0) is 42.3 Å². The molecule has 144 valence electrons. The molecule has 0 bridgehead atoms. The van der Waals surface area contributed by atoms with E-state index in [1.54, 1.807) is 11.0 Å². The first-order valence-corrected chi connectivity index (χ1v) is 10.0. The van der Waals surface area contributed by atoms with Crippen molar-refractivity contribution in [3.8, 4) is 0 Å². The molecule has 1 aromatic carbocycles. The number of thiophene rings is 1. The third kappa shape index (κ3) is 4.46. The maximum Gasteiger partial charge on any atom is 0.227 e. The van der Waals surface area contributed by atoms with Gasteiger partial charge in [0.25, 0.3) is 0 Å². The van der Waals surface area contributed by atoms with Gasteiger partial charge in [0, 0.05) is 18.5 Å². The first-order chi connectivity index (χ1) is 12.9. The summed E-state index contributed by atoms with van der Waals surface area (Å²) in [7, 11) is 0. The Morgan fingerprint density at radius 2 is 2.00 bits per heavy atom. The molecule has 2 heterocycles. The van der Waals surface area contributed by atoms with Crippen molar-refractivity contribution in [3.05, 3.63) is 57.8 Å². The second-order valence-corrected chi connectivity index (χ2v) is 8.27. The highest BCUT2D eigenvalue weighted by Gasteiger charge is 2.43. The number of nitrogens with zero attached hydrogens (tertiary/aromatic N) is 1. The van der Waals surface area contributed by atoms with Crippen LogP contribution in [0.15, 0.2) is 41.8 Å². The number of carbonyl (C=O) groups excluding carboxylic acids is 2. The summed E-state index contributed by atoms with van der Waals surface area (Å²) in [4.78, 5) is 26.6. The molecule has 0 spiro atoms. The Bertz CT molecular complexity index is 804. The van der Waals surface area contributed by atoms with E-state index in [4.69, 9.17) is 0 Å². The zero-order valence-corrected chi connectivity index (χ0v) is 16.2. The minimum absolute atomic E-state index is 0.00181. The molecular formula is C21H25NO4S. The van der Waals surface area contributed by atoms with Crippen molar-refractivity contribution < 1.29 is 19.8 Å². The van der Waals surface area contributed by atoms with E-state index in [1.807, 2.05) is 35.7 Å². The lowest BCUT2D eigenvalue weighted by molar-refractivity contribution is -0.141. The van der Waals surface area contributed by atoms with Crippen molar-refractivity contribution in [2.45, 2.75) is 32.3 Å². The van der Waals surface area contributed by atoms with Gasteiger partial charge < -0.3 is 15.1 Å². The van der Waals surface area contributed by atoms with Gasteiger partial charge in [0.1, 0.15) is 0 Å². The van der Waals surface area contributed by atoms with E-state index in [-0.39, 0.29) is 24.7 Å². The van der Waals surface area contributed by atoms with Gasteiger partial charge in [-0.1, -0.05) is 30.3 Å². The number of aliphatic hydroxyl groups excluding tert-OH is 2. The highest BCUT2D eigenvalue weighted by atomic mass is 32.1. The number of hydrogen-bond acceptors (Lipinski definition) is 5. The summed E-state index contributed by atoms with van der Waals surface area (Å²) in [6, 6.07) is 11.5. The van der Waals surface area contributed by atoms with Crippen LogP contribution in [0.4, 0.5) is 0 Å². The molecular weight excluding hydrogens is 362 g/mol. The molecule has 3 rings (SSSR count). The molecule has 1 fully saturated rings. The van der Waals surface area contributed by atoms with Crippen LogP contribution in [0, 0.1) is 5.41 Å². The van der Waals surface area contributed by atoms with Crippen molar-refractivity contribution in [2.24, 2.45) is 5.41 Å². The smallest absolute Gasteiger partial charge is 0.227 e. The summed E-state index contributed by atoms with van der Waals surface area (Å²) in [5, 5.41) is 22.5. The molecule has 0 saturated carbocycles. The van der Waals surface area contributed by atoms with E-state index in [2.05, 4.69) is 0 Å². The van der Waals surface area contributed by atoms with Crippen LogP contribution >= 0.6 is 11.3 Å². The molecule has 1 aliphatic rings. The van der Waals surface area contributed by atoms with Crippen molar-refractivity contribution in [1.29, 1.82) is 0 Å². The summed E-state index contributed by atoms with van der Waals surface area (Å²) in [5.74, 6) is -0.0392. The van der Waals surface area contributed by atoms with Crippen molar-refractivity contribution >= 4 is 23.0 Å². The summed E-state index contributed by atoms with van der Waals surface area (Å²) in [6.45, 7) is 2.13. The van der Waals surface area contributed by atoms with Gasteiger partial charge in [-0.3, -0.25) is 9.59 Å². The molecule has 2 aromatic rings. The van der Waals surface area contributed by atoms with Crippen LogP contribution in [0.1, 0.15) is 34.1 Å². The van der Waals surface area contributed by atoms with Crippen molar-refractivity contribution in [3.63, 3.8) is 0 Å². The lowest BCUT2D eigenvalue weighted by Crippen LogP contribution is -2.56. The van der Waals surface area contributed by atoms with E-state index in [0.717, 1.165) is 11.1 Å². The fourth-order valence-electron chi connectivity index (χ4n) is 3.69. The lowest BCUT2D eigenvalue weighted by atomic mass is 9.73. The van der Waals surface area contributed by atoms with Gasteiger partial charge in [0.2, 0.25) is 5.91 Å². The zero-order valence-electron chi connectivity index (χ0n) is 15.4. The molecule has 1 saturated heterocycles. The Labute approximate surface area is 163 Å². The Morgan fingerprint density at radius 1 is 1.26 bits per heavy atom. The average Bonchev–Trinajstić information content (AvgIpc) is 3.13. The summed E-state index contributed by atoms with van der Waals surface area (Å²) in [6.07, 6.45) is 0.536. The van der Waals surface area contributed by atoms with Gasteiger partial charge in [-0.25, -0.2) is 0 Å². The molecule has 27 heavy (non-hydrogen) atoms. The van der Waals surface area contributed by atoms with E-state index >= 15 is 0 Å². The molecule has 0 radical (unpaired) electrons. The van der Waals surface area contributed by atoms with E-state index in [1.165, 1.54) is 18.3 Å². The van der Waals surface area contributed by atoms with Gasteiger partial charge in [-0.15, -0.1) is 11.3 Å². The quantitative estimate of drug-likeness (QED) is 0.746. The Balaban J connectivity index is 1.72. The minimum atomic E-state index is -0.756. The molecule has 0 unspecified atom stereocenters.